The molecule has 0 radical (unpaired) electrons. The largest absolute Gasteiger partial charge is 0.441 e. The molecule has 2 rings (SSSR count). The predicted molar refractivity (Wildman–Crippen MR) is 83.9 cm³/mol. The molecule has 0 saturated carbocycles. The van der Waals surface area contributed by atoms with E-state index < -0.39 is 23.8 Å². The molecule has 128 valence electrons. The predicted octanol–water partition coefficient (Wildman–Crippen LogP) is 2.91. The molecule has 5 nitrogen and oxygen atoms in total. The van der Waals surface area contributed by atoms with E-state index in [1.54, 1.807) is 4.90 Å². The van der Waals surface area contributed by atoms with Crippen LogP contribution in [0.15, 0.2) is 12.1 Å². The molecule has 1 aliphatic heterocycles. The number of nitrogens with zero attached hydrogens (tertiary/aromatic N) is 2. The summed E-state index contributed by atoms with van der Waals surface area (Å²) in [6.07, 6.45) is 0.161. The molecule has 0 unspecified atom stereocenters. The van der Waals surface area contributed by atoms with Crippen molar-refractivity contribution < 1.29 is 23.4 Å². The molecule has 1 fully saturated rings. The zero-order chi connectivity index (χ0) is 17.0. The number of cyclic esters (lactones) is 1. The van der Waals surface area contributed by atoms with Gasteiger partial charge in [0.1, 0.15) is 11.8 Å². The second kappa shape index (κ2) is 7.59. The number of carbonyl (C=O) groups is 1. The lowest BCUT2D eigenvalue weighted by Crippen LogP contribution is -2.28. The van der Waals surface area contributed by atoms with Gasteiger partial charge in [-0.15, -0.1) is 0 Å². The van der Waals surface area contributed by atoms with Crippen LogP contribution in [-0.4, -0.2) is 43.5 Å². The van der Waals surface area contributed by atoms with Gasteiger partial charge in [0.2, 0.25) is 0 Å². The highest BCUT2D eigenvalue weighted by atomic mass is 19.1. The van der Waals surface area contributed by atoms with E-state index in [0.717, 1.165) is 29.9 Å². The molecule has 1 aromatic rings. The van der Waals surface area contributed by atoms with Crippen molar-refractivity contribution in [3.8, 4) is 0 Å². The van der Waals surface area contributed by atoms with Crippen LogP contribution in [0.2, 0.25) is 0 Å². The van der Waals surface area contributed by atoms with E-state index in [4.69, 9.17) is 9.84 Å². The number of amides is 1. The molecule has 7 heteroatoms. The van der Waals surface area contributed by atoms with Gasteiger partial charge in [-0.05, 0) is 12.8 Å². The molecule has 1 aromatic carbocycles. The number of ether oxygens (including phenoxy) is 1. The Morgan fingerprint density at radius 2 is 1.83 bits per heavy atom. The second-order valence-corrected chi connectivity index (χ2v) is 5.54. The smallest absolute Gasteiger partial charge is 0.414 e. The van der Waals surface area contributed by atoms with E-state index >= 15 is 0 Å². The topological polar surface area (TPSA) is 53.0 Å². The summed E-state index contributed by atoms with van der Waals surface area (Å²) in [5.74, 6) is -1.41. The molecule has 1 atom stereocenters. The SMILES string of the molecule is CCCN(CCC)c1c(F)cc(N2C[C@H](CO)OC2=O)cc1F. The van der Waals surface area contributed by atoms with Crippen molar-refractivity contribution in [3.63, 3.8) is 0 Å². The van der Waals surface area contributed by atoms with Gasteiger partial charge in [0.25, 0.3) is 0 Å². The first-order valence-electron chi connectivity index (χ1n) is 7.84. The van der Waals surface area contributed by atoms with Crippen LogP contribution in [0.1, 0.15) is 26.7 Å². The molecule has 23 heavy (non-hydrogen) atoms. The first-order chi connectivity index (χ1) is 11.0. The maximum absolute atomic E-state index is 14.5. The highest BCUT2D eigenvalue weighted by Gasteiger charge is 2.33. The quantitative estimate of drug-likeness (QED) is 0.836. The van der Waals surface area contributed by atoms with Crippen LogP contribution < -0.4 is 9.80 Å². The number of aliphatic hydroxyl groups excluding tert-OH is 1. The van der Waals surface area contributed by atoms with Crippen molar-refractivity contribution in [2.45, 2.75) is 32.8 Å². The monoisotopic (exact) mass is 328 g/mol. The Labute approximate surface area is 134 Å². The van der Waals surface area contributed by atoms with Gasteiger partial charge >= 0.3 is 6.09 Å². The van der Waals surface area contributed by atoms with Gasteiger partial charge in [-0.2, -0.15) is 0 Å². The Kier molecular flexibility index (Phi) is 5.76. The number of anilines is 2. The number of rotatable bonds is 7. The van der Waals surface area contributed by atoms with Crippen LogP contribution in [0.4, 0.5) is 25.0 Å². The number of hydrogen-bond donors (Lipinski definition) is 1. The van der Waals surface area contributed by atoms with E-state index in [1.165, 1.54) is 0 Å². The van der Waals surface area contributed by atoms with Crippen molar-refractivity contribution >= 4 is 17.5 Å². The van der Waals surface area contributed by atoms with Crippen molar-refractivity contribution in [1.29, 1.82) is 0 Å². The summed E-state index contributed by atoms with van der Waals surface area (Å²) >= 11 is 0. The first-order valence-corrected chi connectivity index (χ1v) is 7.84. The number of hydrogen-bond acceptors (Lipinski definition) is 4. The molecule has 1 saturated heterocycles. The summed E-state index contributed by atoms with van der Waals surface area (Å²) in [5.41, 5.74) is 0.0290. The average molecular weight is 328 g/mol. The van der Waals surface area contributed by atoms with Crippen molar-refractivity contribution in [1.82, 2.24) is 0 Å². The Hall–Kier alpha value is -1.89. The lowest BCUT2D eigenvalue weighted by atomic mass is 10.2. The van der Waals surface area contributed by atoms with Crippen LogP contribution in [0, 0.1) is 11.6 Å². The number of benzene rings is 1. The molecule has 0 bridgehead atoms. The minimum Gasteiger partial charge on any atom is -0.441 e. The maximum atomic E-state index is 14.5. The number of carbonyl (C=O) groups excluding carboxylic acids is 1. The Balaban J connectivity index is 2.31. The van der Waals surface area contributed by atoms with Gasteiger partial charge in [0.15, 0.2) is 11.6 Å². The normalized spacial score (nSPS) is 17.5. The fraction of sp³-hybridized carbons (Fsp3) is 0.562. The molecule has 1 heterocycles. The van der Waals surface area contributed by atoms with Gasteiger partial charge in [-0.1, -0.05) is 13.8 Å². The average Bonchev–Trinajstić information content (AvgIpc) is 2.88. The molecular formula is C16H22F2N2O3. The van der Waals surface area contributed by atoms with Crippen molar-refractivity contribution in [2.24, 2.45) is 0 Å². The molecule has 1 amide bonds. The van der Waals surface area contributed by atoms with E-state index in [0.29, 0.717) is 13.1 Å². The van der Waals surface area contributed by atoms with Gasteiger partial charge < -0.3 is 14.7 Å². The van der Waals surface area contributed by atoms with Crippen LogP contribution in [0.25, 0.3) is 0 Å². The van der Waals surface area contributed by atoms with Gasteiger partial charge in [-0.3, -0.25) is 4.90 Å². The lowest BCUT2D eigenvalue weighted by Gasteiger charge is -2.25. The molecule has 0 aliphatic carbocycles. The molecule has 0 spiro atoms. The Morgan fingerprint density at radius 3 is 2.26 bits per heavy atom. The van der Waals surface area contributed by atoms with Crippen molar-refractivity contribution in [2.75, 3.05) is 36.0 Å². The van der Waals surface area contributed by atoms with E-state index in [1.807, 2.05) is 13.8 Å². The molecular weight excluding hydrogens is 306 g/mol. The zero-order valence-corrected chi connectivity index (χ0v) is 13.4. The van der Waals surface area contributed by atoms with Crippen LogP contribution in [-0.2, 0) is 4.74 Å². The van der Waals surface area contributed by atoms with E-state index in [9.17, 15) is 13.6 Å². The molecule has 1 N–H and O–H groups in total. The summed E-state index contributed by atoms with van der Waals surface area (Å²) < 4.78 is 33.8. The van der Waals surface area contributed by atoms with Gasteiger partial charge in [0, 0.05) is 25.2 Å². The Morgan fingerprint density at radius 1 is 1.26 bits per heavy atom. The lowest BCUT2D eigenvalue weighted by molar-refractivity contribution is 0.0963. The summed E-state index contributed by atoms with van der Waals surface area (Å²) in [5, 5.41) is 9.03. The molecule has 1 aliphatic rings. The fourth-order valence-electron chi connectivity index (χ4n) is 2.71. The second-order valence-electron chi connectivity index (χ2n) is 5.54. The van der Waals surface area contributed by atoms with E-state index in [2.05, 4.69) is 0 Å². The van der Waals surface area contributed by atoms with Gasteiger partial charge in [-0.25, -0.2) is 13.6 Å². The third kappa shape index (κ3) is 3.72. The molecule has 0 aromatic heterocycles. The van der Waals surface area contributed by atoms with Crippen LogP contribution in [0.3, 0.4) is 0 Å². The number of halogens is 2. The van der Waals surface area contributed by atoms with Crippen LogP contribution >= 0.6 is 0 Å². The first kappa shape index (κ1) is 17.5. The Bertz CT molecular complexity index is 539. The van der Waals surface area contributed by atoms with Gasteiger partial charge in [0.05, 0.1) is 18.8 Å². The third-order valence-electron chi connectivity index (χ3n) is 3.69. The highest BCUT2D eigenvalue weighted by Crippen LogP contribution is 2.31. The summed E-state index contributed by atoms with van der Waals surface area (Å²) in [6.45, 7) is 4.75. The fourth-order valence-corrected chi connectivity index (χ4v) is 2.71. The summed E-state index contributed by atoms with van der Waals surface area (Å²) in [4.78, 5) is 14.5. The van der Waals surface area contributed by atoms with E-state index in [-0.39, 0.29) is 24.5 Å². The third-order valence-corrected chi connectivity index (χ3v) is 3.69. The zero-order valence-electron chi connectivity index (χ0n) is 13.4. The standard InChI is InChI=1S/C16H22F2N2O3/c1-3-5-19(6-4-2)15-13(17)7-11(8-14(15)18)20-9-12(10-21)23-16(20)22/h7-8,12,21H,3-6,9-10H2,1-2H3/t12-/m1/s1. The number of aliphatic hydroxyl groups is 1. The summed E-state index contributed by atoms with van der Waals surface area (Å²) in [6, 6.07) is 2.27. The minimum atomic E-state index is -0.713. The van der Waals surface area contributed by atoms with Crippen molar-refractivity contribution in [3.05, 3.63) is 23.8 Å². The highest BCUT2D eigenvalue weighted by molar-refractivity contribution is 5.90. The maximum Gasteiger partial charge on any atom is 0.414 e. The van der Waals surface area contributed by atoms with Crippen LogP contribution in [0.5, 0.6) is 0 Å². The summed E-state index contributed by atoms with van der Waals surface area (Å²) in [7, 11) is 0. The minimum absolute atomic E-state index is 0.0660.